The van der Waals surface area contributed by atoms with Crippen LogP contribution in [-0.4, -0.2) is 28.9 Å². The number of nitrogens with zero attached hydrogens (tertiary/aromatic N) is 2. The number of carbonyl (C=O) groups is 1. The highest BCUT2D eigenvalue weighted by molar-refractivity contribution is 6.30. The zero-order chi connectivity index (χ0) is 14.7. The molecule has 1 aliphatic rings. The fraction of sp³-hybridized carbons (Fsp3) is 0.250. The predicted molar refractivity (Wildman–Crippen MR) is 84.1 cm³/mol. The molecule has 0 radical (unpaired) electrons. The highest BCUT2D eigenvalue weighted by atomic mass is 35.5. The number of benzene rings is 1. The van der Waals surface area contributed by atoms with Crippen LogP contribution in [0.5, 0.6) is 0 Å². The summed E-state index contributed by atoms with van der Waals surface area (Å²) in [5.74, 6) is 0.599. The zero-order valence-corrected chi connectivity index (χ0v) is 12.3. The topological polar surface area (TPSA) is 45.2 Å². The minimum Gasteiger partial charge on any atom is -0.340 e. The molecule has 21 heavy (non-hydrogen) atoms. The van der Waals surface area contributed by atoms with Gasteiger partial charge in [0.2, 0.25) is 0 Å². The van der Waals surface area contributed by atoms with Crippen LogP contribution in [0.25, 0.3) is 0 Å². The first kappa shape index (κ1) is 13.9. The van der Waals surface area contributed by atoms with Gasteiger partial charge in [-0.25, -0.2) is 4.98 Å². The van der Waals surface area contributed by atoms with Crippen LogP contribution in [0.15, 0.2) is 42.6 Å². The molecule has 108 valence electrons. The Morgan fingerprint density at radius 3 is 2.76 bits per heavy atom. The number of rotatable bonds is 3. The highest BCUT2D eigenvalue weighted by Gasteiger charge is 2.22. The van der Waals surface area contributed by atoms with Gasteiger partial charge in [-0.3, -0.25) is 4.79 Å². The Balaban J connectivity index is 1.87. The summed E-state index contributed by atoms with van der Waals surface area (Å²) in [7, 11) is 0. The molecule has 4 nitrogen and oxygen atoms in total. The molecule has 2 aromatic rings. The average molecular weight is 302 g/mol. The summed E-state index contributed by atoms with van der Waals surface area (Å²) in [6.45, 7) is 1.65. The molecule has 1 aromatic carbocycles. The highest BCUT2D eigenvalue weighted by Crippen LogP contribution is 2.23. The van der Waals surface area contributed by atoms with Crippen molar-refractivity contribution in [1.82, 2.24) is 9.88 Å². The molecule has 3 rings (SSSR count). The van der Waals surface area contributed by atoms with Crippen LogP contribution >= 0.6 is 11.6 Å². The van der Waals surface area contributed by atoms with E-state index in [1.54, 1.807) is 30.5 Å². The molecule has 1 fully saturated rings. The summed E-state index contributed by atoms with van der Waals surface area (Å²) < 4.78 is 0. The van der Waals surface area contributed by atoms with Gasteiger partial charge in [-0.15, -0.1) is 0 Å². The van der Waals surface area contributed by atoms with Gasteiger partial charge in [0.05, 0.1) is 5.56 Å². The van der Waals surface area contributed by atoms with E-state index in [-0.39, 0.29) is 5.91 Å². The van der Waals surface area contributed by atoms with Crippen LogP contribution in [0.4, 0.5) is 11.5 Å². The lowest BCUT2D eigenvalue weighted by Gasteiger charge is -2.17. The molecule has 0 bridgehead atoms. The molecule has 0 unspecified atom stereocenters. The molecule has 1 amide bonds. The SMILES string of the molecule is O=C(c1cccnc1Nc1cccc(Cl)c1)N1CCCC1. The Morgan fingerprint density at radius 2 is 2.00 bits per heavy atom. The van der Waals surface area contributed by atoms with E-state index in [4.69, 9.17) is 11.6 Å². The van der Waals surface area contributed by atoms with E-state index in [9.17, 15) is 4.79 Å². The summed E-state index contributed by atoms with van der Waals surface area (Å²) in [4.78, 5) is 18.7. The molecule has 0 saturated carbocycles. The second-order valence-electron chi connectivity index (χ2n) is 5.03. The predicted octanol–water partition coefficient (Wildman–Crippen LogP) is 3.71. The van der Waals surface area contributed by atoms with E-state index in [1.165, 1.54) is 0 Å². The van der Waals surface area contributed by atoms with Crippen LogP contribution in [0.2, 0.25) is 5.02 Å². The number of likely N-dealkylation sites (tertiary alicyclic amines) is 1. The van der Waals surface area contributed by atoms with Crippen LogP contribution in [0.3, 0.4) is 0 Å². The number of amides is 1. The fourth-order valence-electron chi connectivity index (χ4n) is 2.47. The van der Waals surface area contributed by atoms with Gasteiger partial charge in [0, 0.05) is 30.0 Å². The number of anilines is 2. The zero-order valence-electron chi connectivity index (χ0n) is 11.6. The van der Waals surface area contributed by atoms with Gasteiger partial charge in [0.15, 0.2) is 0 Å². The molecule has 5 heteroatoms. The summed E-state index contributed by atoms with van der Waals surface area (Å²) in [5.41, 5.74) is 1.41. The summed E-state index contributed by atoms with van der Waals surface area (Å²) in [6, 6.07) is 11.0. The lowest BCUT2D eigenvalue weighted by molar-refractivity contribution is 0.0793. The number of nitrogens with one attached hydrogen (secondary N) is 1. The Bertz CT molecular complexity index is 653. The normalized spacial score (nSPS) is 14.2. The maximum atomic E-state index is 12.5. The molecule has 2 heterocycles. The minimum absolute atomic E-state index is 0.0325. The van der Waals surface area contributed by atoms with E-state index in [0.717, 1.165) is 31.6 Å². The van der Waals surface area contributed by atoms with Crippen molar-refractivity contribution in [1.29, 1.82) is 0 Å². The lowest BCUT2D eigenvalue weighted by atomic mass is 10.2. The van der Waals surface area contributed by atoms with E-state index < -0.39 is 0 Å². The Kier molecular flexibility index (Phi) is 4.06. The first-order valence-corrected chi connectivity index (χ1v) is 7.39. The maximum Gasteiger partial charge on any atom is 0.257 e. The molecule has 1 aliphatic heterocycles. The minimum atomic E-state index is 0.0325. The largest absolute Gasteiger partial charge is 0.340 e. The van der Waals surface area contributed by atoms with Crippen LogP contribution in [-0.2, 0) is 0 Å². The van der Waals surface area contributed by atoms with Crippen LogP contribution < -0.4 is 5.32 Å². The number of halogens is 1. The Morgan fingerprint density at radius 1 is 1.19 bits per heavy atom. The fourth-order valence-corrected chi connectivity index (χ4v) is 2.66. The van der Waals surface area contributed by atoms with Gasteiger partial charge < -0.3 is 10.2 Å². The van der Waals surface area contributed by atoms with Gasteiger partial charge in [0.25, 0.3) is 5.91 Å². The second-order valence-corrected chi connectivity index (χ2v) is 5.47. The van der Waals surface area contributed by atoms with Gasteiger partial charge in [-0.2, -0.15) is 0 Å². The van der Waals surface area contributed by atoms with Crippen molar-refractivity contribution in [2.24, 2.45) is 0 Å². The first-order valence-electron chi connectivity index (χ1n) is 7.01. The van der Waals surface area contributed by atoms with Crippen molar-refractivity contribution >= 4 is 29.0 Å². The Hall–Kier alpha value is -2.07. The smallest absolute Gasteiger partial charge is 0.257 e. The molecule has 0 atom stereocenters. The summed E-state index contributed by atoms with van der Waals surface area (Å²) in [6.07, 6.45) is 3.82. The van der Waals surface area contributed by atoms with Crippen LogP contribution in [0, 0.1) is 0 Å². The first-order chi connectivity index (χ1) is 10.2. The van der Waals surface area contributed by atoms with Gasteiger partial charge >= 0.3 is 0 Å². The monoisotopic (exact) mass is 301 g/mol. The van der Waals surface area contributed by atoms with Crippen LogP contribution in [0.1, 0.15) is 23.2 Å². The number of carbonyl (C=O) groups excluding carboxylic acids is 1. The number of hydrogen-bond acceptors (Lipinski definition) is 3. The van der Waals surface area contributed by atoms with Crippen molar-refractivity contribution < 1.29 is 4.79 Å². The van der Waals surface area contributed by atoms with Gasteiger partial charge in [-0.1, -0.05) is 17.7 Å². The third kappa shape index (κ3) is 3.16. The molecular formula is C16H16ClN3O. The molecule has 1 N–H and O–H groups in total. The Labute approximate surface area is 128 Å². The number of hydrogen-bond donors (Lipinski definition) is 1. The van der Waals surface area contributed by atoms with E-state index in [1.807, 2.05) is 17.0 Å². The lowest BCUT2D eigenvalue weighted by Crippen LogP contribution is -2.28. The van der Waals surface area contributed by atoms with E-state index >= 15 is 0 Å². The second kappa shape index (κ2) is 6.14. The summed E-state index contributed by atoms with van der Waals surface area (Å²) >= 11 is 5.98. The van der Waals surface area contributed by atoms with Crippen molar-refractivity contribution in [3.63, 3.8) is 0 Å². The quantitative estimate of drug-likeness (QED) is 0.940. The number of pyridine rings is 1. The standard InChI is InChI=1S/C16H16ClN3O/c17-12-5-3-6-13(11-12)19-15-14(7-4-8-18-15)16(21)20-9-1-2-10-20/h3-8,11H,1-2,9-10H2,(H,18,19). The molecule has 1 saturated heterocycles. The third-order valence-corrected chi connectivity index (χ3v) is 3.75. The molecule has 0 spiro atoms. The third-order valence-electron chi connectivity index (χ3n) is 3.52. The van der Waals surface area contributed by atoms with Crippen molar-refractivity contribution in [3.05, 3.63) is 53.2 Å². The number of aromatic nitrogens is 1. The molecule has 0 aliphatic carbocycles. The average Bonchev–Trinajstić information content (AvgIpc) is 3.01. The maximum absolute atomic E-state index is 12.5. The summed E-state index contributed by atoms with van der Waals surface area (Å²) in [5, 5.41) is 3.82. The van der Waals surface area contributed by atoms with Crippen molar-refractivity contribution in [2.45, 2.75) is 12.8 Å². The van der Waals surface area contributed by atoms with E-state index in [0.29, 0.717) is 16.4 Å². The van der Waals surface area contributed by atoms with Crippen molar-refractivity contribution in [3.8, 4) is 0 Å². The van der Waals surface area contributed by atoms with Crippen molar-refractivity contribution in [2.75, 3.05) is 18.4 Å². The molecule has 1 aromatic heterocycles. The van der Waals surface area contributed by atoms with E-state index in [2.05, 4.69) is 10.3 Å². The molecular weight excluding hydrogens is 286 g/mol. The van der Waals surface area contributed by atoms with Gasteiger partial charge in [0.1, 0.15) is 5.82 Å². The van der Waals surface area contributed by atoms with Gasteiger partial charge in [-0.05, 0) is 43.2 Å².